The SMILES string of the molecule is COc1ccc(NC(=O)CCCN)cc1Cc1ccccc1.Cl. The third kappa shape index (κ3) is 5.93. The van der Waals surface area contributed by atoms with Gasteiger partial charge in [0.1, 0.15) is 5.75 Å². The number of carbonyl (C=O) groups is 1. The monoisotopic (exact) mass is 334 g/mol. The highest BCUT2D eigenvalue weighted by molar-refractivity contribution is 5.90. The fourth-order valence-electron chi connectivity index (χ4n) is 2.30. The van der Waals surface area contributed by atoms with E-state index in [9.17, 15) is 4.79 Å². The molecule has 2 aromatic carbocycles. The highest BCUT2D eigenvalue weighted by Crippen LogP contribution is 2.25. The quantitative estimate of drug-likeness (QED) is 0.815. The van der Waals surface area contributed by atoms with E-state index in [1.165, 1.54) is 5.56 Å². The summed E-state index contributed by atoms with van der Waals surface area (Å²) in [5.74, 6) is 0.810. The lowest BCUT2D eigenvalue weighted by Crippen LogP contribution is -2.13. The molecule has 0 aliphatic heterocycles. The molecule has 2 aromatic rings. The lowest BCUT2D eigenvalue weighted by atomic mass is 10.0. The van der Waals surface area contributed by atoms with Gasteiger partial charge in [-0.3, -0.25) is 4.79 Å². The van der Waals surface area contributed by atoms with Gasteiger partial charge >= 0.3 is 0 Å². The molecule has 0 unspecified atom stereocenters. The summed E-state index contributed by atoms with van der Waals surface area (Å²) in [5.41, 5.74) is 8.46. The molecule has 23 heavy (non-hydrogen) atoms. The van der Waals surface area contributed by atoms with Crippen LogP contribution in [0.25, 0.3) is 0 Å². The number of hydrogen-bond acceptors (Lipinski definition) is 3. The highest BCUT2D eigenvalue weighted by Gasteiger charge is 2.08. The predicted molar refractivity (Wildman–Crippen MR) is 96.4 cm³/mol. The van der Waals surface area contributed by atoms with Crippen LogP contribution in [0.1, 0.15) is 24.0 Å². The number of amides is 1. The van der Waals surface area contributed by atoms with E-state index >= 15 is 0 Å². The van der Waals surface area contributed by atoms with Crippen LogP contribution < -0.4 is 15.8 Å². The van der Waals surface area contributed by atoms with Gasteiger partial charge in [0.2, 0.25) is 5.91 Å². The van der Waals surface area contributed by atoms with Crippen molar-refractivity contribution in [2.45, 2.75) is 19.3 Å². The van der Waals surface area contributed by atoms with E-state index in [2.05, 4.69) is 17.4 Å². The van der Waals surface area contributed by atoms with Crippen molar-refractivity contribution in [2.24, 2.45) is 5.73 Å². The molecule has 2 rings (SSSR count). The van der Waals surface area contributed by atoms with Gasteiger partial charge in [0.25, 0.3) is 0 Å². The number of hydrogen-bond donors (Lipinski definition) is 2. The summed E-state index contributed by atoms with van der Waals surface area (Å²) < 4.78 is 5.41. The molecule has 4 nitrogen and oxygen atoms in total. The van der Waals surface area contributed by atoms with Gasteiger partial charge in [-0.2, -0.15) is 0 Å². The van der Waals surface area contributed by atoms with Gasteiger partial charge in [-0.15, -0.1) is 12.4 Å². The van der Waals surface area contributed by atoms with Gasteiger partial charge in [-0.25, -0.2) is 0 Å². The summed E-state index contributed by atoms with van der Waals surface area (Å²) in [6.07, 6.45) is 1.89. The minimum absolute atomic E-state index is 0. The van der Waals surface area contributed by atoms with Crippen molar-refractivity contribution < 1.29 is 9.53 Å². The summed E-state index contributed by atoms with van der Waals surface area (Å²) in [4.78, 5) is 11.8. The minimum atomic E-state index is -0.0127. The maximum Gasteiger partial charge on any atom is 0.224 e. The Bertz CT molecular complexity index is 618. The molecule has 0 fully saturated rings. The Morgan fingerprint density at radius 1 is 1.17 bits per heavy atom. The lowest BCUT2D eigenvalue weighted by molar-refractivity contribution is -0.116. The molecular formula is C18H23ClN2O2. The van der Waals surface area contributed by atoms with Crippen molar-refractivity contribution in [3.8, 4) is 5.75 Å². The van der Waals surface area contributed by atoms with Gasteiger partial charge in [0.05, 0.1) is 7.11 Å². The van der Waals surface area contributed by atoms with Crippen molar-refractivity contribution >= 4 is 24.0 Å². The van der Waals surface area contributed by atoms with E-state index in [1.54, 1.807) is 7.11 Å². The molecule has 1 amide bonds. The van der Waals surface area contributed by atoms with Crippen molar-refractivity contribution in [1.29, 1.82) is 0 Å². The molecule has 3 N–H and O–H groups in total. The minimum Gasteiger partial charge on any atom is -0.496 e. The van der Waals surface area contributed by atoms with Crippen LogP contribution in [-0.4, -0.2) is 19.6 Å². The number of carbonyl (C=O) groups excluding carboxylic acids is 1. The first-order valence-corrected chi connectivity index (χ1v) is 7.43. The van der Waals surface area contributed by atoms with Crippen LogP contribution in [0.4, 0.5) is 5.69 Å². The summed E-state index contributed by atoms with van der Waals surface area (Å²) >= 11 is 0. The van der Waals surface area contributed by atoms with E-state index in [4.69, 9.17) is 10.5 Å². The Kier molecular flexibility index (Phi) is 8.16. The molecule has 0 aliphatic rings. The molecular weight excluding hydrogens is 312 g/mol. The first-order chi connectivity index (χ1) is 10.7. The van der Waals surface area contributed by atoms with E-state index < -0.39 is 0 Å². The fourth-order valence-corrected chi connectivity index (χ4v) is 2.30. The zero-order valence-corrected chi connectivity index (χ0v) is 14.1. The average Bonchev–Trinajstić information content (AvgIpc) is 2.54. The zero-order valence-electron chi connectivity index (χ0n) is 13.2. The van der Waals surface area contributed by atoms with E-state index in [1.807, 2.05) is 36.4 Å². The third-order valence-electron chi connectivity index (χ3n) is 3.41. The average molecular weight is 335 g/mol. The topological polar surface area (TPSA) is 64.3 Å². The van der Waals surface area contributed by atoms with Crippen LogP contribution in [-0.2, 0) is 11.2 Å². The summed E-state index contributed by atoms with van der Waals surface area (Å²) in [5, 5.41) is 2.90. The second-order valence-corrected chi connectivity index (χ2v) is 5.13. The number of rotatable bonds is 7. The molecule has 0 aromatic heterocycles. The van der Waals surface area contributed by atoms with Crippen LogP contribution in [0.2, 0.25) is 0 Å². The maximum atomic E-state index is 11.8. The Hall–Kier alpha value is -2.04. The van der Waals surface area contributed by atoms with E-state index in [0.29, 0.717) is 19.4 Å². The second kappa shape index (κ2) is 9.87. The molecule has 0 spiro atoms. The Labute approximate surface area is 143 Å². The van der Waals surface area contributed by atoms with Crippen LogP contribution in [0.3, 0.4) is 0 Å². The molecule has 0 heterocycles. The molecule has 0 bridgehead atoms. The molecule has 0 aliphatic carbocycles. The summed E-state index contributed by atoms with van der Waals surface area (Å²) in [7, 11) is 1.66. The lowest BCUT2D eigenvalue weighted by Gasteiger charge is -2.12. The van der Waals surface area contributed by atoms with Gasteiger partial charge in [0, 0.05) is 24.1 Å². The summed E-state index contributed by atoms with van der Waals surface area (Å²) in [6, 6.07) is 15.9. The van der Waals surface area contributed by atoms with Gasteiger partial charge in [-0.1, -0.05) is 30.3 Å². The number of anilines is 1. The first kappa shape index (κ1) is 19.0. The normalized spacial score (nSPS) is 9.83. The smallest absolute Gasteiger partial charge is 0.224 e. The molecule has 5 heteroatoms. The molecule has 124 valence electrons. The molecule has 0 radical (unpaired) electrons. The predicted octanol–water partition coefficient (Wildman–Crippen LogP) is 3.39. The van der Waals surface area contributed by atoms with Crippen LogP contribution in [0.15, 0.2) is 48.5 Å². The third-order valence-corrected chi connectivity index (χ3v) is 3.41. The Morgan fingerprint density at radius 3 is 2.57 bits per heavy atom. The molecule has 0 atom stereocenters. The van der Waals surface area contributed by atoms with E-state index in [0.717, 1.165) is 23.4 Å². The van der Waals surface area contributed by atoms with Crippen molar-refractivity contribution in [3.05, 3.63) is 59.7 Å². The molecule has 0 saturated carbocycles. The van der Waals surface area contributed by atoms with Crippen LogP contribution in [0, 0.1) is 0 Å². The zero-order chi connectivity index (χ0) is 15.8. The number of methoxy groups -OCH3 is 1. The number of ether oxygens (including phenoxy) is 1. The standard InChI is InChI=1S/C18H22N2O2.ClH/c1-22-17-10-9-16(20-18(21)8-5-11-19)13-15(17)12-14-6-3-2-4-7-14;/h2-4,6-7,9-10,13H,5,8,11-12,19H2,1H3,(H,20,21);1H. The van der Waals surface area contributed by atoms with Crippen molar-refractivity contribution in [1.82, 2.24) is 0 Å². The Morgan fingerprint density at radius 2 is 1.91 bits per heavy atom. The van der Waals surface area contributed by atoms with Crippen LogP contribution in [0.5, 0.6) is 5.75 Å². The molecule has 0 saturated heterocycles. The number of halogens is 1. The van der Waals surface area contributed by atoms with Crippen molar-refractivity contribution in [3.63, 3.8) is 0 Å². The van der Waals surface area contributed by atoms with Crippen LogP contribution >= 0.6 is 12.4 Å². The van der Waals surface area contributed by atoms with Gasteiger partial charge in [-0.05, 0) is 36.7 Å². The number of nitrogens with two attached hydrogens (primary N) is 1. The van der Waals surface area contributed by atoms with Gasteiger partial charge < -0.3 is 15.8 Å². The van der Waals surface area contributed by atoms with E-state index in [-0.39, 0.29) is 18.3 Å². The maximum absolute atomic E-state index is 11.8. The second-order valence-electron chi connectivity index (χ2n) is 5.13. The first-order valence-electron chi connectivity index (χ1n) is 7.43. The van der Waals surface area contributed by atoms with Crippen molar-refractivity contribution in [2.75, 3.05) is 19.0 Å². The largest absolute Gasteiger partial charge is 0.496 e. The Balaban J connectivity index is 0.00000264. The number of nitrogens with one attached hydrogen (secondary N) is 1. The fraction of sp³-hybridized carbons (Fsp3) is 0.278. The van der Waals surface area contributed by atoms with Gasteiger partial charge in [0.15, 0.2) is 0 Å². The number of benzene rings is 2. The highest BCUT2D eigenvalue weighted by atomic mass is 35.5. The summed E-state index contributed by atoms with van der Waals surface area (Å²) in [6.45, 7) is 0.523.